The SMILES string of the molecule is Cc1cccc(OCC(=O)N(Cc2ccc(Br)cc2)[C@@H](Cc2ccccc2)C(=O)NC(C)(C)C)c1. The summed E-state index contributed by atoms with van der Waals surface area (Å²) < 4.78 is 6.79. The number of nitrogens with zero attached hydrogens (tertiary/aromatic N) is 1. The second kappa shape index (κ2) is 12.0. The van der Waals surface area contributed by atoms with Crippen molar-refractivity contribution in [2.45, 2.75) is 52.2 Å². The van der Waals surface area contributed by atoms with Crippen molar-refractivity contribution < 1.29 is 14.3 Å². The molecule has 0 spiro atoms. The van der Waals surface area contributed by atoms with Crippen LogP contribution in [-0.2, 0) is 22.6 Å². The van der Waals surface area contributed by atoms with E-state index < -0.39 is 11.6 Å². The van der Waals surface area contributed by atoms with Gasteiger partial charge in [-0.1, -0.05) is 70.5 Å². The van der Waals surface area contributed by atoms with Gasteiger partial charge in [-0.15, -0.1) is 0 Å². The van der Waals surface area contributed by atoms with Crippen molar-refractivity contribution in [3.8, 4) is 5.75 Å². The molecule has 5 nitrogen and oxygen atoms in total. The van der Waals surface area contributed by atoms with Gasteiger partial charge >= 0.3 is 0 Å². The van der Waals surface area contributed by atoms with E-state index in [2.05, 4.69) is 21.2 Å². The van der Waals surface area contributed by atoms with Crippen molar-refractivity contribution in [1.82, 2.24) is 10.2 Å². The number of halogens is 1. The Balaban J connectivity index is 1.92. The van der Waals surface area contributed by atoms with Crippen LogP contribution < -0.4 is 10.1 Å². The predicted molar refractivity (Wildman–Crippen MR) is 143 cm³/mol. The zero-order valence-corrected chi connectivity index (χ0v) is 22.3. The first-order valence-corrected chi connectivity index (χ1v) is 12.5. The molecule has 3 aromatic rings. The Morgan fingerprint density at radius 2 is 1.63 bits per heavy atom. The van der Waals surface area contributed by atoms with Crippen LogP contribution in [0.5, 0.6) is 5.75 Å². The average Bonchev–Trinajstić information content (AvgIpc) is 2.80. The lowest BCUT2D eigenvalue weighted by atomic mass is 10.0. The predicted octanol–water partition coefficient (Wildman–Crippen LogP) is 5.69. The first kappa shape index (κ1) is 26.5. The van der Waals surface area contributed by atoms with E-state index in [9.17, 15) is 9.59 Å². The molecule has 0 aromatic heterocycles. The van der Waals surface area contributed by atoms with E-state index in [0.29, 0.717) is 18.7 Å². The van der Waals surface area contributed by atoms with E-state index in [1.54, 1.807) is 4.90 Å². The summed E-state index contributed by atoms with van der Waals surface area (Å²) in [6, 6.07) is 24.4. The van der Waals surface area contributed by atoms with Crippen LogP contribution in [0.25, 0.3) is 0 Å². The van der Waals surface area contributed by atoms with Gasteiger partial charge < -0.3 is 15.0 Å². The van der Waals surface area contributed by atoms with Crippen molar-refractivity contribution in [1.29, 1.82) is 0 Å². The second-order valence-corrected chi connectivity index (χ2v) is 10.6. The molecule has 0 fully saturated rings. The number of benzene rings is 3. The highest BCUT2D eigenvalue weighted by Gasteiger charge is 2.32. The fourth-order valence-corrected chi connectivity index (χ4v) is 3.99. The van der Waals surface area contributed by atoms with Gasteiger partial charge in [0.05, 0.1) is 0 Å². The minimum Gasteiger partial charge on any atom is -0.484 e. The molecule has 0 aliphatic carbocycles. The Kier molecular flexibility index (Phi) is 9.10. The molecule has 2 amide bonds. The van der Waals surface area contributed by atoms with Crippen LogP contribution >= 0.6 is 15.9 Å². The number of hydrogen-bond donors (Lipinski definition) is 1. The number of aryl methyl sites for hydroxylation is 1. The number of nitrogens with one attached hydrogen (secondary N) is 1. The van der Waals surface area contributed by atoms with E-state index >= 15 is 0 Å². The van der Waals surface area contributed by atoms with E-state index in [1.165, 1.54) is 0 Å². The molecule has 1 N–H and O–H groups in total. The number of carbonyl (C=O) groups is 2. The number of carbonyl (C=O) groups excluding carboxylic acids is 2. The first-order chi connectivity index (χ1) is 16.6. The first-order valence-electron chi connectivity index (χ1n) is 11.7. The molecule has 0 unspecified atom stereocenters. The van der Waals surface area contributed by atoms with Gasteiger partial charge in [-0.2, -0.15) is 0 Å². The van der Waals surface area contributed by atoms with Crippen molar-refractivity contribution in [3.63, 3.8) is 0 Å². The van der Waals surface area contributed by atoms with Crippen LogP contribution in [0.1, 0.15) is 37.5 Å². The zero-order chi connectivity index (χ0) is 25.4. The molecule has 0 aliphatic heterocycles. The van der Waals surface area contributed by atoms with Crippen molar-refractivity contribution in [2.75, 3.05) is 6.61 Å². The molecule has 0 aliphatic rings. The lowest BCUT2D eigenvalue weighted by Gasteiger charge is -2.33. The molecule has 0 bridgehead atoms. The summed E-state index contributed by atoms with van der Waals surface area (Å²) in [5.41, 5.74) is 2.53. The van der Waals surface area contributed by atoms with E-state index in [-0.39, 0.29) is 18.4 Å². The molecule has 1 atom stereocenters. The summed E-state index contributed by atoms with van der Waals surface area (Å²) in [6.45, 7) is 7.91. The van der Waals surface area contributed by atoms with Gasteiger partial charge in [0, 0.05) is 23.0 Å². The maximum absolute atomic E-state index is 13.6. The van der Waals surface area contributed by atoms with Crippen LogP contribution in [0.15, 0.2) is 83.3 Å². The van der Waals surface area contributed by atoms with Crippen LogP contribution in [0.2, 0.25) is 0 Å². The van der Waals surface area contributed by atoms with Crippen molar-refractivity contribution in [2.24, 2.45) is 0 Å². The smallest absolute Gasteiger partial charge is 0.261 e. The van der Waals surface area contributed by atoms with Crippen LogP contribution in [-0.4, -0.2) is 34.9 Å². The van der Waals surface area contributed by atoms with Crippen LogP contribution in [0.3, 0.4) is 0 Å². The van der Waals surface area contributed by atoms with Gasteiger partial charge in [-0.25, -0.2) is 0 Å². The summed E-state index contributed by atoms with van der Waals surface area (Å²) in [5, 5.41) is 3.07. The van der Waals surface area contributed by atoms with Gasteiger partial charge in [-0.05, 0) is 68.7 Å². The number of amides is 2. The fourth-order valence-electron chi connectivity index (χ4n) is 3.73. The summed E-state index contributed by atoms with van der Waals surface area (Å²) in [6.07, 6.45) is 0.398. The highest BCUT2D eigenvalue weighted by Crippen LogP contribution is 2.19. The molecule has 184 valence electrons. The minimum absolute atomic E-state index is 0.159. The maximum Gasteiger partial charge on any atom is 0.261 e. The molecule has 0 saturated carbocycles. The van der Waals surface area contributed by atoms with E-state index in [4.69, 9.17) is 4.74 Å². The lowest BCUT2D eigenvalue weighted by Crippen LogP contribution is -2.55. The molecule has 0 radical (unpaired) electrons. The molecule has 3 rings (SSSR count). The van der Waals surface area contributed by atoms with Crippen molar-refractivity contribution >= 4 is 27.7 Å². The van der Waals surface area contributed by atoms with Gasteiger partial charge in [0.25, 0.3) is 5.91 Å². The zero-order valence-electron chi connectivity index (χ0n) is 20.8. The van der Waals surface area contributed by atoms with Gasteiger partial charge in [0.1, 0.15) is 11.8 Å². The standard InChI is InChI=1S/C29H33BrN2O3/c1-21-9-8-12-25(17-21)35-20-27(33)32(19-23-13-15-24(30)16-14-23)26(28(34)31-29(2,3)4)18-22-10-6-5-7-11-22/h5-17,26H,18-20H2,1-4H3,(H,31,34)/t26-/m0/s1. The number of ether oxygens (including phenoxy) is 1. The molecule has 35 heavy (non-hydrogen) atoms. The summed E-state index contributed by atoms with van der Waals surface area (Å²) in [4.78, 5) is 28.7. The Bertz CT molecular complexity index is 1120. The molecule has 3 aromatic carbocycles. The number of rotatable bonds is 9. The third-order valence-electron chi connectivity index (χ3n) is 5.39. The molecule has 0 heterocycles. The number of hydrogen-bond acceptors (Lipinski definition) is 3. The Labute approximate surface area is 216 Å². The van der Waals surface area contributed by atoms with Gasteiger partial charge in [0.15, 0.2) is 6.61 Å². The van der Waals surface area contributed by atoms with Gasteiger partial charge in [-0.3, -0.25) is 9.59 Å². The highest BCUT2D eigenvalue weighted by molar-refractivity contribution is 9.10. The van der Waals surface area contributed by atoms with E-state index in [1.807, 2.05) is 107 Å². The molecular weight excluding hydrogens is 504 g/mol. The monoisotopic (exact) mass is 536 g/mol. The summed E-state index contributed by atoms with van der Waals surface area (Å²) in [7, 11) is 0. The van der Waals surface area contributed by atoms with Crippen molar-refractivity contribution in [3.05, 3.63) is 100 Å². The summed E-state index contributed by atoms with van der Waals surface area (Å²) in [5.74, 6) is 0.183. The Hall–Kier alpha value is -3.12. The third-order valence-corrected chi connectivity index (χ3v) is 5.92. The molecule has 6 heteroatoms. The van der Waals surface area contributed by atoms with Crippen LogP contribution in [0, 0.1) is 6.92 Å². The van der Waals surface area contributed by atoms with Gasteiger partial charge in [0.2, 0.25) is 5.91 Å². The molecular formula is C29H33BrN2O3. The maximum atomic E-state index is 13.6. The summed E-state index contributed by atoms with van der Waals surface area (Å²) >= 11 is 3.46. The third kappa shape index (κ3) is 8.55. The normalized spacial score (nSPS) is 12.0. The largest absolute Gasteiger partial charge is 0.484 e. The topological polar surface area (TPSA) is 58.6 Å². The Morgan fingerprint density at radius 1 is 0.943 bits per heavy atom. The molecule has 0 saturated heterocycles. The second-order valence-electron chi connectivity index (χ2n) is 9.70. The average molecular weight is 537 g/mol. The van der Waals surface area contributed by atoms with E-state index in [0.717, 1.165) is 21.2 Å². The fraction of sp³-hybridized carbons (Fsp3) is 0.310. The Morgan fingerprint density at radius 3 is 2.26 bits per heavy atom. The highest BCUT2D eigenvalue weighted by atomic mass is 79.9. The quantitative estimate of drug-likeness (QED) is 0.382. The lowest BCUT2D eigenvalue weighted by molar-refractivity contribution is -0.143. The van der Waals surface area contributed by atoms with Crippen LogP contribution in [0.4, 0.5) is 0 Å². The minimum atomic E-state index is -0.700.